The molecule has 0 aliphatic carbocycles. The maximum Gasteiger partial charge on any atom is 0.353 e. The van der Waals surface area contributed by atoms with Crippen LogP contribution in [0, 0.1) is 5.82 Å². The molecule has 2 aliphatic heterocycles. The first kappa shape index (κ1) is 27.2. The fourth-order valence-electron chi connectivity index (χ4n) is 4.20. The van der Waals surface area contributed by atoms with Crippen molar-refractivity contribution in [2.24, 2.45) is 5.16 Å². The van der Waals surface area contributed by atoms with Crippen LogP contribution in [-0.4, -0.2) is 90.1 Å². The van der Waals surface area contributed by atoms with Crippen LogP contribution in [-0.2, 0) is 14.4 Å². The van der Waals surface area contributed by atoms with Crippen LogP contribution in [0.15, 0.2) is 47.3 Å². The number of nitrogens with zero attached hydrogens (tertiary/aromatic N) is 9. The standard InChI is InChI=1S/C22H14FN11O5S3/c23-9-1-3-10(4-2-9)39-29-14(16-25-21(24)42-30-16)17(35)26-22(8-40)19(38)33-15(18(36)37)11(7-41-20(22)33)12-5-6-13-27-31-32-34(13)28-12/h1-6,8,20H,7H2,(H,26,35)(H,36,37)(H2,24,25,30)/t20-,22?/m0/s1. The van der Waals surface area contributed by atoms with Crippen LogP contribution in [0.1, 0.15) is 11.5 Å². The molecular weight excluding hydrogens is 614 g/mol. The van der Waals surface area contributed by atoms with E-state index in [9.17, 15) is 23.9 Å². The van der Waals surface area contributed by atoms with Gasteiger partial charge < -0.3 is 21.0 Å². The number of anilines is 1. The Hall–Kier alpha value is -4.95. The Morgan fingerprint density at radius 2 is 2.07 bits per heavy atom. The van der Waals surface area contributed by atoms with Crippen LogP contribution in [0.3, 0.4) is 0 Å². The molecule has 4 N–H and O–H groups in total. The molecule has 4 aromatic rings. The lowest BCUT2D eigenvalue weighted by Gasteiger charge is -2.55. The van der Waals surface area contributed by atoms with Gasteiger partial charge in [0.2, 0.25) is 11.5 Å². The number of hydrogen-bond donors (Lipinski definition) is 3. The average molecular weight is 628 g/mol. The van der Waals surface area contributed by atoms with Crippen LogP contribution >= 0.6 is 35.5 Å². The van der Waals surface area contributed by atoms with E-state index in [4.69, 9.17) is 22.8 Å². The smallest absolute Gasteiger partial charge is 0.353 e. The van der Waals surface area contributed by atoms with Gasteiger partial charge in [-0.15, -0.1) is 26.6 Å². The minimum Gasteiger partial charge on any atom is -0.477 e. The molecule has 2 aliphatic rings. The summed E-state index contributed by atoms with van der Waals surface area (Å²) >= 11 is 7.12. The molecule has 20 heteroatoms. The minimum absolute atomic E-state index is 0.0304. The van der Waals surface area contributed by atoms with E-state index in [1.807, 2.05) is 0 Å². The molecule has 6 rings (SSSR count). The Balaban J connectivity index is 1.32. The molecule has 0 bridgehead atoms. The maximum atomic E-state index is 13.6. The first-order valence-corrected chi connectivity index (χ1v) is 13.9. The summed E-state index contributed by atoms with van der Waals surface area (Å²) in [5, 5.41) is 31.9. The van der Waals surface area contributed by atoms with Gasteiger partial charge in [0.05, 0.1) is 5.69 Å². The molecule has 5 heterocycles. The van der Waals surface area contributed by atoms with E-state index in [1.54, 1.807) is 12.1 Å². The zero-order valence-electron chi connectivity index (χ0n) is 20.6. The third kappa shape index (κ3) is 4.50. The summed E-state index contributed by atoms with van der Waals surface area (Å²) in [4.78, 5) is 49.8. The third-order valence-corrected chi connectivity index (χ3v) is 8.39. The summed E-state index contributed by atoms with van der Waals surface area (Å²) in [7, 11) is 0. The molecule has 1 unspecified atom stereocenters. The summed E-state index contributed by atoms with van der Waals surface area (Å²) in [5.41, 5.74) is 3.94. The second kappa shape index (κ2) is 10.5. The third-order valence-electron chi connectivity index (χ3n) is 6.12. The zero-order chi connectivity index (χ0) is 29.6. The molecule has 1 fully saturated rings. The van der Waals surface area contributed by atoms with E-state index in [0.717, 1.165) is 50.3 Å². The van der Waals surface area contributed by atoms with Crippen LogP contribution in [0.5, 0.6) is 5.75 Å². The average Bonchev–Trinajstić information content (AvgIpc) is 3.64. The molecule has 0 saturated carbocycles. The highest BCUT2D eigenvalue weighted by atomic mass is 32.2. The van der Waals surface area contributed by atoms with E-state index in [1.165, 1.54) is 12.1 Å². The number of tetrazole rings is 1. The number of benzene rings is 1. The van der Waals surface area contributed by atoms with Gasteiger partial charge in [0.25, 0.3) is 11.8 Å². The predicted molar refractivity (Wildman–Crippen MR) is 149 cm³/mol. The number of β-lactam (4-membered cyclic amide) rings is 1. The Morgan fingerprint density at radius 1 is 1.29 bits per heavy atom. The lowest BCUT2D eigenvalue weighted by Crippen LogP contribution is -2.80. The number of thiocarbonyl (C=S) groups is 1. The van der Waals surface area contributed by atoms with Crippen molar-refractivity contribution >= 4 is 80.7 Å². The van der Waals surface area contributed by atoms with Gasteiger partial charge in [-0.3, -0.25) is 14.5 Å². The van der Waals surface area contributed by atoms with Crippen LogP contribution in [0.4, 0.5) is 9.52 Å². The Kier molecular flexibility index (Phi) is 6.79. The van der Waals surface area contributed by atoms with E-state index in [2.05, 4.69) is 40.5 Å². The Labute approximate surface area is 246 Å². The highest BCUT2D eigenvalue weighted by Gasteiger charge is 2.65. The Bertz CT molecular complexity index is 1840. The van der Waals surface area contributed by atoms with Crippen LogP contribution in [0.25, 0.3) is 11.2 Å². The second-order valence-corrected chi connectivity index (χ2v) is 10.7. The molecule has 2 amide bonds. The van der Waals surface area contributed by atoms with Gasteiger partial charge in [0.1, 0.15) is 16.9 Å². The normalized spacial score (nSPS) is 20.2. The SMILES string of the molecule is Nc1nc(C(=NOc2ccc(F)cc2)C(=O)NC2(C=S)C(=O)N3C(C(=O)O)=C(c4ccc5nnnn5n4)CS[C@H]32)ns1. The fourth-order valence-corrected chi connectivity index (χ4v) is 6.46. The van der Waals surface area contributed by atoms with Gasteiger partial charge in [-0.1, -0.05) is 17.4 Å². The number of carbonyl (C=O) groups excluding carboxylic acids is 2. The molecule has 1 aromatic carbocycles. The number of nitrogen functional groups attached to an aromatic ring is 1. The van der Waals surface area contributed by atoms with Gasteiger partial charge in [0, 0.05) is 28.2 Å². The van der Waals surface area contributed by atoms with Gasteiger partial charge >= 0.3 is 5.97 Å². The number of hydrogen-bond acceptors (Lipinski definition) is 15. The van der Waals surface area contributed by atoms with E-state index < -0.39 is 40.2 Å². The summed E-state index contributed by atoms with van der Waals surface area (Å²) in [6.45, 7) is 0. The van der Waals surface area contributed by atoms with Crippen molar-refractivity contribution in [1.29, 1.82) is 0 Å². The van der Waals surface area contributed by atoms with E-state index in [0.29, 0.717) is 5.65 Å². The maximum absolute atomic E-state index is 13.6. The number of thioether (sulfide) groups is 1. The number of carboxylic acid groups (broad SMARTS) is 1. The Morgan fingerprint density at radius 3 is 2.76 bits per heavy atom. The van der Waals surface area contributed by atoms with Crippen LogP contribution < -0.4 is 15.9 Å². The molecule has 1 saturated heterocycles. The van der Waals surface area contributed by atoms with Crippen molar-refractivity contribution < 1.29 is 28.7 Å². The number of nitrogens with one attached hydrogen (secondary N) is 1. The van der Waals surface area contributed by atoms with Gasteiger partial charge in [-0.25, -0.2) is 9.18 Å². The van der Waals surface area contributed by atoms with Crippen molar-refractivity contribution in [1.82, 2.24) is 44.8 Å². The molecule has 0 radical (unpaired) electrons. The molecule has 42 heavy (non-hydrogen) atoms. The molecule has 2 atom stereocenters. The first-order chi connectivity index (χ1) is 20.2. The number of carboxylic acids is 1. The number of aliphatic carboxylic acids is 1. The lowest BCUT2D eigenvalue weighted by atomic mass is 9.87. The lowest BCUT2D eigenvalue weighted by molar-refractivity contribution is -0.153. The fraction of sp³-hybridized carbons (Fsp3) is 0.136. The summed E-state index contributed by atoms with van der Waals surface area (Å²) in [6, 6.07) is 7.92. The second-order valence-electron chi connectivity index (χ2n) is 8.60. The highest BCUT2D eigenvalue weighted by Crippen LogP contribution is 2.47. The first-order valence-electron chi connectivity index (χ1n) is 11.6. The monoisotopic (exact) mass is 627 g/mol. The topological polar surface area (TPSA) is 216 Å². The summed E-state index contributed by atoms with van der Waals surface area (Å²) in [5.74, 6) is -3.66. The van der Waals surface area contributed by atoms with Gasteiger partial charge in [-0.05, 0) is 46.8 Å². The number of carbonyl (C=O) groups is 3. The molecule has 16 nitrogen and oxygen atoms in total. The number of rotatable bonds is 8. The number of aromatic nitrogens is 7. The van der Waals surface area contributed by atoms with E-state index >= 15 is 0 Å². The minimum atomic E-state index is -1.80. The van der Waals surface area contributed by atoms with Crippen molar-refractivity contribution in [3.05, 3.63) is 59.4 Å². The number of amides is 2. The molecular formula is C22H14FN11O5S3. The number of halogens is 1. The summed E-state index contributed by atoms with van der Waals surface area (Å²) < 4.78 is 18.4. The van der Waals surface area contributed by atoms with Crippen molar-refractivity contribution in [3.63, 3.8) is 0 Å². The number of oxime groups is 1. The number of nitrogens with two attached hydrogens (primary N) is 1. The van der Waals surface area contributed by atoms with Gasteiger partial charge in [-0.2, -0.15) is 9.36 Å². The molecule has 3 aromatic heterocycles. The zero-order valence-corrected chi connectivity index (χ0v) is 23.1. The van der Waals surface area contributed by atoms with Crippen molar-refractivity contribution in [2.45, 2.75) is 10.9 Å². The van der Waals surface area contributed by atoms with Gasteiger partial charge in [0.15, 0.2) is 22.1 Å². The van der Waals surface area contributed by atoms with Crippen molar-refractivity contribution in [2.75, 3.05) is 11.5 Å². The quantitative estimate of drug-likeness (QED) is 0.103. The predicted octanol–water partition coefficient (Wildman–Crippen LogP) is 0.141. The van der Waals surface area contributed by atoms with E-state index in [-0.39, 0.29) is 39.4 Å². The molecule has 212 valence electrons. The van der Waals surface area contributed by atoms with Crippen LogP contribution in [0.2, 0.25) is 0 Å². The molecule has 0 spiro atoms. The van der Waals surface area contributed by atoms with Crippen molar-refractivity contribution in [3.8, 4) is 5.75 Å². The number of fused-ring (bicyclic) bond motifs is 2. The highest BCUT2D eigenvalue weighted by molar-refractivity contribution is 8.00. The largest absolute Gasteiger partial charge is 0.477 e. The summed E-state index contributed by atoms with van der Waals surface area (Å²) in [6.07, 6.45) is 0.